The van der Waals surface area contributed by atoms with Crippen molar-refractivity contribution in [2.75, 3.05) is 0 Å². The molecule has 0 amide bonds. The first-order valence-electron chi connectivity index (χ1n) is 14.7. The Morgan fingerprint density at radius 1 is 0.718 bits per heavy atom. The first-order valence-corrected chi connectivity index (χ1v) is 21.7. The Hall–Kier alpha value is -2.35. The lowest BCUT2D eigenvalue weighted by Gasteiger charge is -2.20. The predicted octanol–water partition coefficient (Wildman–Crippen LogP) is 9.54. The number of rotatable bonds is 7. The molecule has 0 saturated carbocycles. The van der Waals surface area contributed by atoms with Gasteiger partial charge in [0, 0.05) is 25.7 Å². The molecule has 0 aliphatic heterocycles. The van der Waals surface area contributed by atoms with Crippen LogP contribution >= 0.6 is 22.7 Å². The number of benzene rings is 2. The van der Waals surface area contributed by atoms with Crippen LogP contribution in [0.2, 0.25) is 36.3 Å². The summed E-state index contributed by atoms with van der Waals surface area (Å²) in [6.07, 6.45) is 4.57. The first kappa shape index (κ1) is 29.6. The van der Waals surface area contributed by atoms with E-state index in [1.54, 1.807) is 11.3 Å². The van der Waals surface area contributed by atoms with Gasteiger partial charge in [-0.05, 0) is 112 Å². The van der Waals surface area contributed by atoms with E-state index in [1.807, 2.05) is 11.3 Å². The third-order valence-corrected chi connectivity index (χ3v) is 20.2. The normalized spacial score (nSPS) is 13.0. The predicted molar refractivity (Wildman–Crippen MR) is 185 cm³/mol. The Morgan fingerprint density at radius 2 is 1.33 bits per heavy atom. The van der Waals surface area contributed by atoms with Crippen molar-refractivity contribution in [2.45, 2.75) is 84.7 Å². The van der Waals surface area contributed by atoms with Gasteiger partial charge in [0.05, 0.1) is 0 Å². The quantitative estimate of drug-likeness (QED) is 0.150. The molecule has 0 aliphatic carbocycles. The van der Waals surface area contributed by atoms with Gasteiger partial charge in [0.1, 0.15) is 16.1 Å². The van der Waals surface area contributed by atoms with Crippen LogP contribution in [0.3, 0.4) is 0 Å². The fourth-order valence-corrected chi connectivity index (χ4v) is 12.0. The average molecular weight is 583 g/mol. The van der Waals surface area contributed by atoms with Crippen LogP contribution in [0, 0.1) is 22.9 Å². The molecule has 202 valence electrons. The van der Waals surface area contributed by atoms with E-state index in [4.69, 9.17) is 0 Å². The van der Waals surface area contributed by atoms with Crippen LogP contribution in [0.5, 0.6) is 0 Å². The first-order chi connectivity index (χ1) is 18.9. The molecular formula is C35H42S2Si2. The summed E-state index contributed by atoms with van der Waals surface area (Å²) in [5.41, 5.74) is 11.4. The monoisotopic (exact) mass is 582 g/mol. The van der Waals surface area contributed by atoms with Crippen molar-refractivity contribution in [2.24, 2.45) is 0 Å². The van der Waals surface area contributed by atoms with E-state index in [1.165, 1.54) is 78.0 Å². The summed E-state index contributed by atoms with van der Waals surface area (Å²) in [7, 11) is -3.20. The van der Waals surface area contributed by atoms with Crippen LogP contribution in [0.25, 0.3) is 33.0 Å². The summed E-state index contributed by atoms with van der Waals surface area (Å²) in [6, 6.07) is 18.8. The molecule has 0 radical (unpaired) electrons. The molecule has 0 spiro atoms. The highest BCUT2D eigenvalue weighted by molar-refractivity contribution is 7.17. The van der Waals surface area contributed by atoms with Gasteiger partial charge in [0.15, 0.2) is 0 Å². The molecule has 0 aliphatic rings. The minimum atomic E-state index is -1.62. The van der Waals surface area contributed by atoms with Crippen molar-refractivity contribution in [1.29, 1.82) is 0 Å². The van der Waals surface area contributed by atoms with Crippen LogP contribution in [0.1, 0.15) is 65.2 Å². The van der Waals surface area contributed by atoms with Crippen molar-refractivity contribution in [3.63, 3.8) is 0 Å². The second-order valence-corrected chi connectivity index (χ2v) is 22.4. The van der Waals surface area contributed by atoms with E-state index in [9.17, 15) is 0 Å². The molecule has 4 heteroatoms. The van der Waals surface area contributed by atoms with Crippen LogP contribution < -0.4 is 9.75 Å². The Bertz CT molecular complexity index is 1690. The van der Waals surface area contributed by atoms with Gasteiger partial charge in [-0.1, -0.05) is 59.5 Å². The van der Waals surface area contributed by atoms with Gasteiger partial charge in [0.2, 0.25) is 0 Å². The molecule has 0 fully saturated rings. The van der Waals surface area contributed by atoms with Crippen LogP contribution in [0.15, 0.2) is 41.1 Å². The number of thiophene rings is 2. The lowest BCUT2D eigenvalue weighted by Crippen LogP contribution is -2.29. The second-order valence-electron chi connectivity index (χ2n) is 10.6. The summed E-state index contributed by atoms with van der Waals surface area (Å²) in [5, 5.41) is 9.50. The van der Waals surface area contributed by atoms with Gasteiger partial charge < -0.3 is 0 Å². The van der Waals surface area contributed by atoms with Crippen molar-refractivity contribution < 1.29 is 0 Å². The molecular weight excluding hydrogens is 541 g/mol. The van der Waals surface area contributed by atoms with E-state index in [2.05, 4.69) is 125 Å². The van der Waals surface area contributed by atoms with Crippen molar-refractivity contribution in [3.8, 4) is 22.9 Å². The minimum absolute atomic E-state index is 1.16. The van der Waals surface area contributed by atoms with E-state index < -0.39 is 16.1 Å². The third-order valence-electron chi connectivity index (χ3n) is 9.04. The highest BCUT2D eigenvalue weighted by atomic mass is 32.1. The Labute approximate surface area is 245 Å². The molecule has 2 heterocycles. The molecule has 0 atom stereocenters. The summed E-state index contributed by atoms with van der Waals surface area (Å²) in [6.45, 7) is 16.2. The van der Waals surface area contributed by atoms with Crippen molar-refractivity contribution >= 4 is 71.8 Å². The molecule has 0 bridgehead atoms. The largest absolute Gasteiger partial charge is 0.144 e. The lowest BCUT2D eigenvalue weighted by atomic mass is 9.94. The summed E-state index contributed by atoms with van der Waals surface area (Å²) in [4.78, 5) is 0. The molecule has 2 aromatic heterocycles. The summed E-state index contributed by atoms with van der Waals surface area (Å²) >= 11 is 3.62. The Kier molecular flexibility index (Phi) is 9.79. The van der Waals surface area contributed by atoms with Gasteiger partial charge in [-0.2, -0.15) is 0 Å². The minimum Gasteiger partial charge on any atom is -0.144 e. The van der Waals surface area contributed by atoms with E-state index >= 15 is 0 Å². The number of hydrogen-bond acceptors (Lipinski definition) is 2. The highest BCUT2D eigenvalue weighted by Crippen LogP contribution is 2.33. The standard InChI is InChI=1S/C35H42S2Si2/c1-8-27-15-19-36-34(27)25-30-23-28(17-21-38(9-2,10-3)11-4)32-26-35-29(16-20-37-35)24-33(32)31(30)18-22-39(12-5,13-6)14-7/h8,15-16,19-20,23-26H,9-14H2,1-7H3/b27-8-,34-25+. The van der Waals surface area contributed by atoms with Crippen LogP contribution in [0.4, 0.5) is 0 Å². The Morgan fingerprint density at radius 3 is 1.95 bits per heavy atom. The maximum atomic E-state index is 3.92. The van der Waals surface area contributed by atoms with Gasteiger partial charge >= 0.3 is 0 Å². The number of hydrogen-bond donors (Lipinski definition) is 0. The second kappa shape index (κ2) is 12.9. The van der Waals surface area contributed by atoms with Crippen LogP contribution in [-0.2, 0) is 0 Å². The number of fused-ring (bicyclic) bond motifs is 2. The highest BCUT2D eigenvalue weighted by Gasteiger charge is 2.25. The topological polar surface area (TPSA) is 0 Å². The van der Waals surface area contributed by atoms with Gasteiger partial charge in [-0.3, -0.25) is 0 Å². The molecule has 2 aromatic carbocycles. The van der Waals surface area contributed by atoms with Crippen molar-refractivity contribution in [3.05, 3.63) is 67.5 Å². The smallest absolute Gasteiger partial charge is 0.138 e. The zero-order valence-corrected chi connectivity index (χ0v) is 28.4. The third kappa shape index (κ3) is 6.06. The lowest BCUT2D eigenvalue weighted by molar-refractivity contribution is 1.20. The van der Waals surface area contributed by atoms with Crippen molar-refractivity contribution in [1.82, 2.24) is 0 Å². The van der Waals surface area contributed by atoms with Gasteiger partial charge in [-0.15, -0.1) is 33.8 Å². The maximum absolute atomic E-state index is 3.92. The fraction of sp³-hybridized carbons (Fsp3) is 0.371. The van der Waals surface area contributed by atoms with E-state index in [0.29, 0.717) is 0 Å². The van der Waals surface area contributed by atoms with E-state index in [-0.39, 0.29) is 0 Å². The SMILES string of the molecule is C/C=c1/ccs/c1=C/c1cc(C#C[Si](CC)(CC)CC)c2cc3sccc3cc2c1C#C[Si](CC)(CC)CC. The molecule has 0 saturated heterocycles. The maximum Gasteiger partial charge on any atom is 0.138 e. The fourth-order valence-electron chi connectivity index (χ4n) is 5.51. The zero-order chi connectivity index (χ0) is 28.0. The van der Waals surface area contributed by atoms with E-state index in [0.717, 1.165) is 5.56 Å². The molecule has 0 nitrogen and oxygen atoms in total. The molecule has 0 N–H and O–H groups in total. The zero-order valence-electron chi connectivity index (χ0n) is 24.8. The Balaban J connectivity index is 2.15. The molecule has 39 heavy (non-hydrogen) atoms. The van der Waals surface area contributed by atoms with Gasteiger partial charge in [-0.25, -0.2) is 0 Å². The molecule has 4 aromatic rings. The van der Waals surface area contributed by atoms with Gasteiger partial charge in [0.25, 0.3) is 0 Å². The molecule has 0 unspecified atom stereocenters. The average Bonchev–Trinajstić information content (AvgIpc) is 3.63. The summed E-state index contributed by atoms with van der Waals surface area (Å²) < 4.78 is 2.62. The van der Waals surface area contributed by atoms with Crippen LogP contribution in [-0.4, -0.2) is 16.1 Å². The summed E-state index contributed by atoms with van der Waals surface area (Å²) in [5.74, 6) is 7.60. The molecule has 4 rings (SSSR count).